The van der Waals surface area contributed by atoms with Gasteiger partial charge in [-0.05, 0) is 32.0 Å². The van der Waals surface area contributed by atoms with Gasteiger partial charge in [0, 0.05) is 49.7 Å². The van der Waals surface area contributed by atoms with Gasteiger partial charge in [-0.25, -0.2) is 9.36 Å². The summed E-state index contributed by atoms with van der Waals surface area (Å²) in [6.45, 7) is 8.42. The van der Waals surface area contributed by atoms with E-state index in [1.807, 2.05) is 36.9 Å². The summed E-state index contributed by atoms with van der Waals surface area (Å²) in [7, 11) is 0. The maximum absolute atomic E-state index is 12.2. The van der Waals surface area contributed by atoms with Crippen LogP contribution in [-0.2, 0) is 13.1 Å². The van der Waals surface area contributed by atoms with Crippen molar-refractivity contribution >= 4 is 0 Å². The second-order valence-corrected chi connectivity index (χ2v) is 6.95. The van der Waals surface area contributed by atoms with E-state index in [0.717, 1.165) is 37.6 Å². The molecule has 1 aliphatic rings. The van der Waals surface area contributed by atoms with Crippen LogP contribution in [0.25, 0.3) is 5.82 Å². The molecule has 4 rings (SSSR count). The van der Waals surface area contributed by atoms with E-state index in [4.69, 9.17) is 0 Å². The van der Waals surface area contributed by atoms with Crippen LogP contribution in [0.3, 0.4) is 0 Å². The molecule has 1 fully saturated rings. The number of hydrogen-bond acceptors (Lipinski definition) is 5. The fourth-order valence-electron chi connectivity index (χ4n) is 3.44. The van der Waals surface area contributed by atoms with Gasteiger partial charge < -0.3 is 4.90 Å². The molecule has 8 nitrogen and oxygen atoms in total. The van der Waals surface area contributed by atoms with E-state index in [0.29, 0.717) is 18.3 Å². The molecule has 0 N–H and O–H groups in total. The van der Waals surface area contributed by atoms with E-state index >= 15 is 0 Å². The zero-order valence-corrected chi connectivity index (χ0v) is 15.1. The Hall–Kier alpha value is -2.74. The number of hydrogen-bond donors (Lipinski definition) is 0. The van der Waals surface area contributed by atoms with Crippen molar-refractivity contribution in [3.63, 3.8) is 0 Å². The van der Waals surface area contributed by atoms with Crippen molar-refractivity contribution in [2.24, 2.45) is 5.92 Å². The maximum atomic E-state index is 12.2. The molecule has 8 heteroatoms. The summed E-state index contributed by atoms with van der Waals surface area (Å²) < 4.78 is 5.29. The first-order valence-corrected chi connectivity index (χ1v) is 8.90. The van der Waals surface area contributed by atoms with Crippen molar-refractivity contribution in [3.8, 4) is 5.82 Å². The minimum Gasteiger partial charge on any atom is -0.301 e. The fourth-order valence-corrected chi connectivity index (χ4v) is 3.44. The quantitative estimate of drug-likeness (QED) is 0.658. The van der Waals surface area contributed by atoms with Crippen molar-refractivity contribution < 1.29 is 0 Å². The molecule has 26 heavy (non-hydrogen) atoms. The lowest BCUT2D eigenvalue weighted by atomic mass is 10.0. The molecule has 3 aromatic heterocycles. The van der Waals surface area contributed by atoms with E-state index in [1.165, 1.54) is 0 Å². The molecule has 0 atom stereocenters. The van der Waals surface area contributed by atoms with E-state index in [9.17, 15) is 4.79 Å². The topological polar surface area (TPSA) is 73.8 Å². The Morgan fingerprint density at radius 3 is 2.69 bits per heavy atom. The normalized spacial score (nSPS) is 15.3. The van der Waals surface area contributed by atoms with Crippen molar-refractivity contribution in [2.75, 3.05) is 19.6 Å². The number of aryl methyl sites for hydroxylation is 2. The molecule has 0 spiro atoms. The lowest BCUT2D eigenvalue weighted by Crippen LogP contribution is -2.50. The largest absolute Gasteiger partial charge is 0.301 e. The summed E-state index contributed by atoms with van der Waals surface area (Å²) in [6, 6.07) is 7.25. The summed E-state index contributed by atoms with van der Waals surface area (Å²) in [4.78, 5) is 14.6. The lowest BCUT2D eigenvalue weighted by Gasteiger charge is -2.39. The van der Waals surface area contributed by atoms with E-state index in [-0.39, 0.29) is 5.56 Å². The van der Waals surface area contributed by atoms with Crippen LogP contribution >= 0.6 is 0 Å². The third kappa shape index (κ3) is 3.45. The summed E-state index contributed by atoms with van der Waals surface area (Å²) in [5.41, 5.74) is 1.88. The first-order valence-electron chi connectivity index (χ1n) is 8.90. The minimum absolute atomic E-state index is 0.0646. The van der Waals surface area contributed by atoms with Gasteiger partial charge >= 0.3 is 0 Å². The van der Waals surface area contributed by atoms with Crippen LogP contribution in [0.2, 0.25) is 0 Å². The number of aromatic nitrogens is 6. The summed E-state index contributed by atoms with van der Waals surface area (Å²) in [5, 5.41) is 13.2. The zero-order chi connectivity index (χ0) is 18.1. The molecule has 0 bridgehead atoms. The molecule has 0 amide bonds. The fraction of sp³-hybridized carbons (Fsp3) is 0.444. The smallest absolute Gasteiger partial charge is 0.266 e. The zero-order valence-electron chi connectivity index (χ0n) is 15.1. The number of likely N-dealkylation sites (tertiary alicyclic amines) is 1. The third-order valence-corrected chi connectivity index (χ3v) is 4.75. The Bertz CT molecular complexity index is 935. The van der Waals surface area contributed by atoms with Gasteiger partial charge in [-0.15, -0.1) is 5.10 Å². The molecule has 0 unspecified atom stereocenters. The summed E-state index contributed by atoms with van der Waals surface area (Å²) >= 11 is 0. The highest BCUT2D eigenvalue weighted by Gasteiger charge is 2.27. The Labute approximate surface area is 151 Å². The second kappa shape index (κ2) is 6.87. The molecular formula is C18H23N7O. The Balaban J connectivity index is 1.37. The Morgan fingerprint density at radius 1 is 1.15 bits per heavy atom. The first kappa shape index (κ1) is 16.7. The van der Waals surface area contributed by atoms with Crippen LogP contribution in [0.15, 0.2) is 41.5 Å². The van der Waals surface area contributed by atoms with Gasteiger partial charge in [0.25, 0.3) is 5.56 Å². The standard InChI is InChI=1S/C18H23N7O/c1-14-10-15(2)25(20-14)17-4-5-18(26)24(21-17)13-16-11-22(12-16)8-9-23-7-3-6-19-23/h3-7,10,16H,8-9,11-13H2,1-2H3. The van der Waals surface area contributed by atoms with Crippen LogP contribution in [0.1, 0.15) is 11.4 Å². The first-order chi connectivity index (χ1) is 12.6. The highest BCUT2D eigenvalue weighted by molar-refractivity contribution is 5.23. The van der Waals surface area contributed by atoms with E-state index in [2.05, 4.69) is 20.2 Å². The molecule has 0 aromatic carbocycles. The van der Waals surface area contributed by atoms with Crippen LogP contribution in [0.5, 0.6) is 0 Å². The number of rotatable bonds is 6. The molecule has 136 valence electrons. The van der Waals surface area contributed by atoms with Gasteiger partial charge in [0.1, 0.15) is 0 Å². The summed E-state index contributed by atoms with van der Waals surface area (Å²) in [5.74, 6) is 1.14. The molecule has 1 aliphatic heterocycles. The highest BCUT2D eigenvalue weighted by atomic mass is 16.1. The van der Waals surface area contributed by atoms with E-state index in [1.54, 1.807) is 27.7 Å². The molecule has 1 saturated heterocycles. The van der Waals surface area contributed by atoms with Crippen molar-refractivity contribution in [3.05, 3.63) is 58.4 Å². The summed E-state index contributed by atoms with van der Waals surface area (Å²) in [6.07, 6.45) is 3.78. The van der Waals surface area contributed by atoms with Gasteiger partial charge in [0.15, 0.2) is 5.82 Å². The number of nitrogens with zero attached hydrogens (tertiary/aromatic N) is 7. The second-order valence-electron chi connectivity index (χ2n) is 6.95. The average molecular weight is 353 g/mol. The van der Waals surface area contributed by atoms with Gasteiger partial charge in [-0.1, -0.05) is 0 Å². The van der Waals surface area contributed by atoms with Crippen molar-refractivity contribution in [1.82, 2.24) is 34.2 Å². The van der Waals surface area contributed by atoms with Gasteiger partial charge in [-0.3, -0.25) is 9.48 Å². The maximum Gasteiger partial charge on any atom is 0.266 e. The van der Waals surface area contributed by atoms with Gasteiger partial charge in [0.05, 0.1) is 18.8 Å². The highest BCUT2D eigenvalue weighted by Crippen LogP contribution is 2.17. The monoisotopic (exact) mass is 353 g/mol. The lowest BCUT2D eigenvalue weighted by molar-refractivity contribution is 0.0794. The molecular weight excluding hydrogens is 330 g/mol. The molecule has 0 aliphatic carbocycles. The Kier molecular flexibility index (Phi) is 4.42. The van der Waals surface area contributed by atoms with Crippen molar-refractivity contribution in [1.29, 1.82) is 0 Å². The predicted molar refractivity (Wildman–Crippen MR) is 97.3 cm³/mol. The van der Waals surface area contributed by atoms with Gasteiger partial charge in [0.2, 0.25) is 0 Å². The van der Waals surface area contributed by atoms with Gasteiger partial charge in [-0.2, -0.15) is 10.2 Å². The van der Waals surface area contributed by atoms with Crippen LogP contribution in [0, 0.1) is 19.8 Å². The third-order valence-electron chi connectivity index (χ3n) is 4.75. The van der Waals surface area contributed by atoms with Crippen molar-refractivity contribution in [2.45, 2.75) is 26.9 Å². The minimum atomic E-state index is -0.0646. The molecule has 0 radical (unpaired) electrons. The molecule has 3 aromatic rings. The Morgan fingerprint density at radius 2 is 2.00 bits per heavy atom. The average Bonchev–Trinajstić information content (AvgIpc) is 3.20. The SMILES string of the molecule is Cc1cc(C)n(-c2ccc(=O)n(CC3CN(CCn4cccn4)C3)n2)n1. The van der Waals surface area contributed by atoms with E-state index < -0.39 is 0 Å². The van der Waals surface area contributed by atoms with Crippen LogP contribution < -0.4 is 5.56 Å². The van der Waals surface area contributed by atoms with Crippen LogP contribution in [0.4, 0.5) is 0 Å². The van der Waals surface area contributed by atoms with Crippen LogP contribution in [-0.4, -0.2) is 53.9 Å². The molecule has 4 heterocycles. The predicted octanol–water partition coefficient (Wildman–Crippen LogP) is 0.874. The molecule has 0 saturated carbocycles.